The summed E-state index contributed by atoms with van der Waals surface area (Å²) in [6.07, 6.45) is 0. The molecule has 1 aliphatic heterocycles. The predicted molar refractivity (Wildman–Crippen MR) is 96.5 cm³/mol. The van der Waals surface area contributed by atoms with Gasteiger partial charge in [-0.05, 0) is 39.0 Å². The maximum Gasteiger partial charge on any atom is 0.274 e. The Morgan fingerprint density at radius 3 is 2.75 bits per heavy atom. The Labute approximate surface area is 152 Å². The lowest BCUT2D eigenvalue weighted by Gasteiger charge is -2.33. The Morgan fingerprint density at radius 1 is 1.38 bits per heavy atom. The van der Waals surface area contributed by atoms with Crippen LogP contribution in [0.4, 0.5) is 0 Å². The van der Waals surface area contributed by atoms with Crippen LogP contribution < -0.4 is 5.32 Å². The van der Waals surface area contributed by atoms with Gasteiger partial charge in [0.15, 0.2) is 5.82 Å². The lowest BCUT2D eigenvalue weighted by Crippen LogP contribution is -2.52. The van der Waals surface area contributed by atoms with Crippen LogP contribution in [0.5, 0.6) is 0 Å². The van der Waals surface area contributed by atoms with Crippen molar-refractivity contribution in [3.05, 3.63) is 40.3 Å². The summed E-state index contributed by atoms with van der Waals surface area (Å²) >= 11 is 6.24. The average molecular weight is 370 g/mol. The van der Waals surface area contributed by atoms with Gasteiger partial charge in [-0.25, -0.2) is 9.67 Å². The van der Waals surface area contributed by atoms with Crippen molar-refractivity contribution in [2.24, 2.45) is 0 Å². The molecule has 3 heterocycles. The molecule has 2 aromatic heterocycles. The molecule has 0 aliphatic carbocycles. The van der Waals surface area contributed by atoms with E-state index in [9.17, 15) is 4.79 Å². The second-order valence-corrected chi connectivity index (χ2v) is 6.30. The molecule has 1 aliphatic rings. The van der Waals surface area contributed by atoms with Crippen LogP contribution in [0, 0.1) is 13.8 Å². The van der Waals surface area contributed by atoms with Gasteiger partial charge in [0.2, 0.25) is 0 Å². The fourth-order valence-electron chi connectivity index (χ4n) is 2.84. The second-order valence-electron chi connectivity index (χ2n) is 5.89. The second kappa shape index (κ2) is 7.51. The third-order valence-electron chi connectivity index (χ3n) is 4.02. The first kappa shape index (κ1) is 18.7. The highest BCUT2D eigenvalue weighted by atomic mass is 35.5. The molecule has 130 valence electrons. The largest absolute Gasteiger partial charge is 0.332 e. The highest BCUT2D eigenvalue weighted by Crippen LogP contribution is 2.20. The van der Waals surface area contributed by atoms with E-state index in [0.29, 0.717) is 17.4 Å². The van der Waals surface area contributed by atoms with Gasteiger partial charge in [0, 0.05) is 31.4 Å². The number of amides is 1. The molecule has 0 radical (unpaired) electrons. The standard InChI is InChI=1S/C16H20ClN5O.ClH/c1-10-8-11(2)22(20-10)14-5-4-13(17)15(19-14)16(23)21-7-6-18-9-12(21)3;/h4-5,8,12,18H,6-7,9H2,1-3H3;1H. The Kier molecular flexibility index (Phi) is 5.85. The van der Waals surface area contributed by atoms with Crippen LogP contribution in [0.2, 0.25) is 5.02 Å². The molecule has 1 unspecified atom stereocenters. The van der Waals surface area contributed by atoms with Gasteiger partial charge in [-0.1, -0.05) is 11.6 Å². The highest BCUT2D eigenvalue weighted by molar-refractivity contribution is 6.33. The van der Waals surface area contributed by atoms with Crippen LogP contribution >= 0.6 is 24.0 Å². The molecule has 1 fully saturated rings. The molecule has 24 heavy (non-hydrogen) atoms. The first-order valence-corrected chi connectivity index (χ1v) is 8.07. The predicted octanol–water partition coefficient (Wildman–Crippen LogP) is 2.39. The van der Waals surface area contributed by atoms with Gasteiger partial charge >= 0.3 is 0 Å². The Hall–Kier alpha value is -1.63. The van der Waals surface area contributed by atoms with Crippen molar-refractivity contribution in [2.45, 2.75) is 26.8 Å². The molecule has 1 atom stereocenters. The third kappa shape index (κ3) is 3.55. The van der Waals surface area contributed by atoms with E-state index in [-0.39, 0.29) is 30.0 Å². The molecule has 6 nitrogen and oxygen atoms in total. The van der Waals surface area contributed by atoms with Crippen LogP contribution in [0.3, 0.4) is 0 Å². The Balaban J connectivity index is 0.00000208. The van der Waals surface area contributed by atoms with Crippen molar-refractivity contribution in [1.82, 2.24) is 25.0 Å². The van der Waals surface area contributed by atoms with Gasteiger partial charge in [-0.3, -0.25) is 4.79 Å². The number of nitrogens with one attached hydrogen (secondary N) is 1. The number of hydrogen-bond donors (Lipinski definition) is 1. The number of nitrogens with zero attached hydrogens (tertiary/aromatic N) is 4. The monoisotopic (exact) mass is 369 g/mol. The smallest absolute Gasteiger partial charge is 0.274 e. The number of hydrogen-bond acceptors (Lipinski definition) is 4. The Morgan fingerprint density at radius 2 is 2.12 bits per heavy atom. The summed E-state index contributed by atoms with van der Waals surface area (Å²) in [5, 5.41) is 8.05. The number of aryl methyl sites for hydroxylation is 2. The zero-order chi connectivity index (χ0) is 16.6. The summed E-state index contributed by atoms with van der Waals surface area (Å²) in [6, 6.07) is 5.57. The minimum Gasteiger partial charge on any atom is -0.332 e. The van der Waals surface area contributed by atoms with Gasteiger partial charge in [-0.2, -0.15) is 5.10 Å². The molecule has 1 saturated heterocycles. The van der Waals surface area contributed by atoms with Crippen molar-refractivity contribution in [2.75, 3.05) is 19.6 Å². The van der Waals surface area contributed by atoms with E-state index in [1.165, 1.54) is 0 Å². The van der Waals surface area contributed by atoms with Crippen LogP contribution in [-0.4, -0.2) is 51.2 Å². The zero-order valence-electron chi connectivity index (χ0n) is 13.9. The van der Waals surface area contributed by atoms with Gasteiger partial charge in [0.1, 0.15) is 5.69 Å². The molecule has 1 N–H and O–H groups in total. The van der Waals surface area contributed by atoms with Gasteiger partial charge in [-0.15, -0.1) is 12.4 Å². The lowest BCUT2D eigenvalue weighted by atomic mass is 10.2. The van der Waals surface area contributed by atoms with Crippen LogP contribution in [0.25, 0.3) is 5.82 Å². The summed E-state index contributed by atoms with van der Waals surface area (Å²) in [5.74, 6) is 0.471. The average Bonchev–Trinajstić information content (AvgIpc) is 2.86. The number of pyridine rings is 1. The van der Waals surface area contributed by atoms with Crippen LogP contribution in [0.15, 0.2) is 18.2 Å². The van der Waals surface area contributed by atoms with Crippen LogP contribution in [0.1, 0.15) is 28.8 Å². The van der Waals surface area contributed by atoms with Crippen molar-refractivity contribution < 1.29 is 4.79 Å². The van der Waals surface area contributed by atoms with Gasteiger partial charge in [0.25, 0.3) is 5.91 Å². The topological polar surface area (TPSA) is 63.1 Å². The molecule has 0 aromatic carbocycles. The molecular formula is C16H21Cl2N5O. The molecule has 3 rings (SSSR count). The molecule has 0 spiro atoms. The maximum atomic E-state index is 12.8. The summed E-state index contributed by atoms with van der Waals surface area (Å²) in [5.41, 5.74) is 2.15. The fourth-order valence-corrected chi connectivity index (χ4v) is 3.03. The molecule has 8 heteroatoms. The number of halogens is 2. The normalized spacial score (nSPS) is 17.5. The Bertz CT molecular complexity index is 746. The minimum absolute atomic E-state index is 0. The van der Waals surface area contributed by atoms with E-state index >= 15 is 0 Å². The summed E-state index contributed by atoms with van der Waals surface area (Å²) in [6.45, 7) is 8.11. The maximum absolute atomic E-state index is 12.8. The summed E-state index contributed by atoms with van der Waals surface area (Å²) in [7, 11) is 0. The number of carbonyl (C=O) groups excluding carboxylic acids is 1. The number of carbonyl (C=O) groups is 1. The highest BCUT2D eigenvalue weighted by Gasteiger charge is 2.27. The molecular weight excluding hydrogens is 349 g/mol. The van der Waals surface area contributed by atoms with Crippen molar-refractivity contribution in [1.29, 1.82) is 0 Å². The molecule has 0 bridgehead atoms. The van der Waals surface area contributed by atoms with E-state index in [4.69, 9.17) is 11.6 Å². The molecule has 1 amide bonds. The third-order valence-corrected chi connectivity index (χ3v) is 4.33. The summed E-state index contributed by atoms with van der Waals surface area (Å²) in [4.78, 5) is 19.1. The van der Waals surface area contributed by atoms with Crippen molar-refractivity contribution >= 4 is 29.9 Å². The first-order valence-electron chi connectivity index (χ1n) is 7.69. The fraction of sp³-hybridized carbons (Fsp3) is 0.438. The minimum atomic E-state index is -0.132. The van der Waals surface area contributed by atoms with E-state index in [1.807, 2.05) is 31.7 Å². The van der Waals surface area contributed by atoms with E-state index < -0.39 is 0 Å². The van der Waals surface area contributed by atoms with E-state index in [2.05, 4.69) is 15.4 Å². The summed E-state index contributed by atoms with van der Waals surface area (Å²) < 4.78 is 1.73. The zero-order valence-corrected chi connectivity index (χ0v) is 15.5. The molecule has 0 saturated carbocycles. The lowest BCUT2D eigenvalue weighted by molar-refractivity contribution is 0.0650. The van der Waals surface area contributed by atoms with Gasteiger partial charge < -0.3 is 10.2 Å². The van der Waals surface area contributed by atoms with Crippen LogP contribution in [-0.2, 0) is 0 Å². The quantitative estimate of drug-likeness (QED) is 0.882. The SMILES string of the molecule is Cc1cc(C)n(-c2ccc(Cl)c(C(=O)N3CCNCC3C)n2)n1.Cl. The van der Waals surface area contributed by atoms with Crippen molar-refractivity contribution in [3.63, 3.8) is 0 Å². The first-order chi connectivity index (χ1) is 11.0. The molecule has 2 aromatic rings. The van der Waals surface area contributed by atoms with Gasteiger partial charge in [0.05, 0.1) is 10.7 Å². The van der Waals surface area contributed by atoms with E-state index in [1.54, 1.807) is 16.8 Å². The van der Waals surface area contributed by atoms with E-state index in [0.717, 1.165) is 24.5 Å². The number of rotatable bonds is 2. The number of aromatic nitrogens is 3. The number of piperazine rings is 1. The van der Waals surface area contributed by atoms with Crippen molar-refractivity contribution in [3.8, 4) is 5.82 Å².